The molecule has 4 rings (SSSR count). The van der Waals surface area contributed by atoms with E-state index in [2.05, 4.69) is 35.6 Å². The molecule has 0 atom stereocenters. The summed E-state index contributed by atoms with van der Waals surface area (Å²) in [5.41, 5.74) is 2.58. The standard InChI is InChI=1S/C19H19N7O2S/c1-11-6-4-8-15(21-11)25-16-10-13(17-19(26-16)23-12(2)22-17)24-18-14(29(3,27)28)7-5-9-20-18/h4-10H,1-3H3,(H3,20,21,22,23,24,25,26). The van der Waals surface area contributed by atoms with Gasteiger partial charge in [0.2, 0.25) is 0 Å². The molecule has 0 aliphatic heterocycles. The molecule has 10 heteroatoms. The van der Waals surface area contributed by atoms with Gasteiger partial charge in [-0.1, -0.05) is 6.07 Å². The number of fused-ring (bicyclic) bond motifs is 1. The molecule has 4 heterocycles. The molecule has 0 fully saturated rings. The predicted octanol–water partition coefficient (Wildman–Crippen LogP) is 3.26. The second-order valence-corrected chi connectivity index (χ2v) is 8.60. The number of nitrogens with zero attached hydrogens (tertiary/aromatic N) is 4. The number of nitrogens with one attached hydrogen (secondary N) is 3. The van der Waals surface area contributed by atoms with Crippen LogP contribution in [0.5, 0.6) is 0 Å². The molecule has 4 aromatic heterocycles. The molecule has 148 valence electrons. The number of aromatic amines is 1. The van der Waals surface area contributed by atoms with Crippen LogP contribution < -0.4 is 10.6 Å². The lowest BCUT2D eigenvalue weighted by Gasteiger charge is -2.12. The Morgan fingerprint density at radius 2 is 1.79 bits per heavy atom. The smallest absolute Gasteiger partial charge is 0.179 e. The van der Waals surface area contributed by atoms with Crippen molar-refractivity contribution in [3.63, 3.8) is 0 Å². The van der Waals surface area contributed by atoms with Gasteiger partial charge in [0.1, 0.15) is 33.7 Å². The topological polar surface area (TPSA) is 126 Å². The van der Waals surface area contributed by atoms with Crippen molar-refractivity contribution in [2.75, 3.05) is 16.9 Å². The normalized spacial score (nSPS) is 11.6. The lowest BCUT2D eigenvalue weighted by atomic mass is 10.3. The van der Waals surface area contributed by atoms with Crippen LogP contribution in [0.1, 0.15) is 11.5 Å². The largest absolute Gasteiger partial charge is 0.337 e. The lowest BCUT2D eigenvalue weighted by molar-refractivity contribution is 0.602. The van der Waals surface area contributed by atoms with E-state index in [-0.39, 0.29) is 10.7 Å². The summed E-state index contributed by atoms with van der Waals surface area (Å²) in [7, 11) is -3.46. The number of aromatic nitrogens is 5. The minimum Gasteiger partial charge on any atom is -0.337 e. The summed E-state index contributed by atoms with van der Waals surface area (Å²) < 4.78 is 24.2. The van der Waals surface area contributed by atoms with Crippen LogP contribution in [0.2, 0.25) is 0 Å². The number of anilines is 4. The molecular weight excluding hydrogens is 390 g/mol. The fourth-order valence-corrected chi connectivity index (χ4v) is 3.70. The van der Waals surface area contributed by atoms with Crippen LogP contribution in [0.15, 0.2) is 47.5 Å². The minimum atomic E-state index is -3.46. The highest BCUT2D eigenvalue weighted by Gasteiger charge is 2.17. The molecular formula is C19H19N7O2S. The van der Waals surface area contributed by atoms with E-state index in [9.17, 15) is 8.42 Å². The van der Waals surface area contributed by atoms with Gasteiger partial charge in [-0.15, -0.1) is 0 Å². The van der Waals surface area contributed by atoms with Crippen molar-refractivity contribution in [1.82, 2.24) is 24.9 Å². The summed E-state index contributed by atoms with van der Waals surface area (Å²) in [6.45, 7) is 3.73. The van der Waals surface area contributed by atoms with E-state index in [4.69, 9.17) is 0 Å². The second-order valence-electron chi connectivity index (χ2n) is 6.61. The average molecular weight is 409 g/mol. The van der Waals surface area contributed by atoms with Crippen LogP contribution in [0.25, 0.3) is 11.2 Å². The Morgan fingerprint density at radius 1 is 0.966 bits per heavy atom. The summed E-state index contributed by atoms with van der Waals surface area (Å²) in [5, 5.41) is 6.27. The molecule has 0 bridgehead atoms. The highest BCUT2D eigenvalue weighted by Crippen LogP contribution is 2.29. The SMILES string of the molecule is Cc1cccc(Nc2cc(Nc3ncccc3S(C)(=O)=O)c3nc(C)[nH]c3n2)n1. The summed E-state index contributed by atoms with van der Waals surface area (Å²) in [5.74, 6) is 2.08. The number of imidazole rings is 1. The number of hydrogen-bond donors (Lipinski definition) is 3. The fraction of sp³-hybridized carbons (Fsp3) is 0.158. The Bertz CT molecular complexity index is 1320. The van der Waals surface area contributed by atoms with Gasteiger partial charge >= 0.3 is 0 Å². The number of sulfone groups is 1. The van der Waals surface area contributed by atoms with Gasteiger partial charge in [0, 0.05) is 24.2 Å². The van der Waals surface area contributed by atoms with Crippen molar-refractivity contribution in [1.29, 1.82) is 0 Å². The van der Waals surface area contributed by atoms with Crippen LogP contribution in [0.3, 0.4) is 0 Å². The first-order valence-electron chi connectivity index (χ1n) is 8.80. The van der Waals surface area contributed by atoms with Gasteiger partial charge in [0.05, 0.1) is 5.69 Å². The molecule has 3 N–H and O–H groups in total. The zero-order valence-corrected chi connectivity index (χ0v) is 16.9. The third-order valence-electron chi connectivity index (χ3n) is 4.14. The van der Waals surface area contributed by atoms with Gasteiger partial charge in [0.25, 0.3) is 0 Å². The number of H-pyrrole nitrogens is 1. The van der Waals surface area contributed by atoms with Crippen LogP contribution in [-0.2, 0) is 9.84 Å². The van der Waals surface area contributed by atoms with Gasteiger partial charge in [-0.3, -0.25) is 0 Å². The van der Waals surface area contributed by atoms with E-state index in [0.29, 0.717) is 34.3 Å². The highest BCUT2D eigenvalue weighted by atomic mass is 32.2. The third-order valence-corrected chi connectivity index (χ3v) is 5.27. The number of hydrogen-bond acceptors (Lipinski definition) is 8. The molecule has 0 aliphatic rings. The van der Waals surface area contributed by atoms with E-state index in [0.717, 1.165) is 11.9 Å². The quantitative estimate of drug-likeness (QED) is 0.459. The zero-order chi connectivity index (χ0) is 20.6. The van der Waals surface area contributed by atoms with Gasteiger partial charge < -0.3 is 15.6 Å². The van der Waals surface area contributed by atoms with Gasteiger partial charge in [-0.25, -0.2) is 28.4 Å². The van der Waals surface area contributed by atoms with Crippen molar-refractivity contribution < 1.29 is 8.42 Å². The zero-order valence-electron chi connectivity index (χ0n) is 16.1. The summed E-state index contributed by atoms with van der Waals surface area (Å²) in [4.78, 5) is 20.8. The van der Waals surface area contributed by atoms with Gasteiger partial charge in [-0.2, -0.15) is 0 Å². The molecule has 0 amide bonds. The maximum atomic E-state index is 12.1. The van der Waals surface area contributed by atoms with E-state index in [1.165, 1.54) is 12.3 Å². The lowest BCUT2D eigenvalue weighted by Crippen LogP contribution is -2.05. The van der Waals surface area contributed by atoms with Crippen LogP contribution >= 0.6 is 0 Å². The van der Waals surface area contributed by atoms with Crippen molar-refractivity contribution in [3.8, 4) is 0 Å². The molecule has 0 unspecified atom stereocenters. The Balaban J connectivity index is 1.80. The van der Waals surface area contributed by atoms with Crippen LogP contribution in [-0.4, -0.2) is 39.6 Å². The Kier molecular flexibility index (Phi) is 4.63. The first-order chi connectivity index (χ1) is 13.8. The van der Waals surface area contributed by atoms with Crippen molar-refractivity contribution in [2.24, 2.45) is 0 Å². The third kappa shape index (κ3) is 4.02. The Morgan fingerprint density at radius 3 is 2.55 bits per heavy atom. The molecule has 0 aliphatic carbocycles. The maximum absolute atomic E-state index is 12.1. The number of pyridine rings is 3. The highest BCUT2D eigenvalue weighted by molar-refractivity contribution is 7.90. The van der Waals surface area contributed by atoms with Crippen LogP contribution in [0, 0.1) is 13.8 Å². The summed E-state index contributed by atoms with van der Waals surface area (Å²) in [6, 6.07) is 10.5. The molecule has 0 spiro atoms. The van der Waals surface area contributed by atoms with Crippen molar-refractivity contribution in [2.45, 2.75) is 18.7 Å². The predicted molar refractivity (Wildman–Crippen MR) is 112 cm³/mol. The van der Waals surface area contributed by atoms with E-state index >= 15 is 0 Å². The molecule has 9 nitrogen and oxygen atoms in total. The molecule has 0 saturated carbocycles. The van der Waals surface area contributed by atoms with Crippen LogP contribution in [0.4, 0.5) is 23.1 Å². The minimum absolute atomic E-state index is 0.104. The first-order valence-corrected chi connectivity index (χ1v) is 10.7. The average Bonchev–Trinajstić information content (AvgIpc) is 3.02. The molecule has 0 radical (unpaired) electrons. The van der Waals surface area contributed by atoms with E-state index in [1.807, 2.05) is 32.0 Å². The summed E-state index contributed by atoms with van der Waals surface area (Å²) >= 11 is 0. The Labute approximate surface area is 167 Å². The van der Waals surface area contributed by atoms with E-state index < -0.39 is 9.84 Å². The summed E-state index contributed by atoms with van der Waals surface area (Å²) in [6.07, 6.45) is 2.67. The van der Waals surface area contributed by atoms with Gasteiger partial charge in [0.15, 0.2) is 15.5 Å². The molecule has 4 aromatic rings. The fourth-order valence-electron chi connectivity index (χ4n) is 2.92. The first kappa shape index (κ1) is 18.8. The van der Waals surface area contributed by atoms with Crippen molar-refractivity contribution in [3.05, 3.63) is 54.1 Å². The number of rotatable bonds is 5. The molecule has 0 saturated heterocycles. The maximum Gasteiger partial charge on any atom is 0.179 e. The number of aryl methyl sites for hydroxylation is 2. The van der Waals surface area contributed by atoms with Gasteiger partial charge in [-0.05, 0) is 38.1 Å². The monoisotopic (exact) mass is 409 g/mol. The second kappa shape index (κ2) is 7.13. The van der Waals surface area contributed by atoms with Crippen molar-refractivity contribution >= 4 is 44.1 Å². The molecule has 0 aromatic carbocycles. The Hall–Kier alpha value is -3.53. The molecule has 29 heavy (non-hydrogen) atoms. The van der Waals surface area contributed by atoms with E-state index in [1.54, 1.807) is 12.1 Å².